The second-order valence-corrected chi connectivity index (χ2v) is 8.18. The zero-order chi connectivity index (χ0) is 22.1. The van der Waals surface area contributed by atoms with Gasteiger partial charge in [-0.05, 0) is 62.2 Å². The molecule has 0 atom stereocenters. The van der Waals surface area contributed by atoms with E-state index in [2.05, 4.69) is 21.5 Å². The van der Waals surface area contributed by atoms with E-state index >= 15 is 0 Å². The number of anilines is 1. The predicted octanol–water partition coefficient (Wildman–Crippen LogP) is 6.42. The van der Waals surface area contributed by atoms with Crippen LogP contribution in [0.15, 0.2) is 60.7 Å². The van der Waals surface area contributed by atoms with Crippen molar-refractivity contribution < 1.29 is 4.79 Å². The lowest BCUT2D eigenvalue weighted by atomic mass is 10.1. The van der Waals surface area contributed by atoms with Crippen LogP contribution in [0.1, 0.15) is 27.3 Å². The summed E-state index contributed by atoms with van der Waals surface area (Å²) >= 11 is 12.4. The number of benzene rings is 3. The van der Waals surface area contributed by atoms with Crippen LogP contribution in [0.2, 0.25) is 10.0 Å². The van der Waals surface area contributed by atoms with E-state index in [-0.39, 0.29) is 5.82 Å². The Morgan fingerprint density at radius 2 is 1.74 bits per heavy atom. The Balaban J connectivity index is 1.81. The maximum atomic E-state index is 13.0. The van der Waals surface area contributed by atoms with E-state index in [9.17, 15) is 4.79 Å². The van der Waals surface area contributed by atoms with Gasteiger partial charge in [-0.2, -0.15) is 0 Å². The van der Waals surface area contributed by atoms with Crippen molar-refractivity contribution in [1.29, 1.82) is 0 Å². The number of nitrogens with one attached hydrogen (secondary N) is 1. The third-order valence-electron chi connectivity index (χ3n) is 4.99. The van der Waals surface area contributed by atoms with Gasteiger partial charge in [0.2, 0.25) is 5.82 Å². The molecular formula is C24H20Cl2N4O. The molecule has 1 aromatic heterocycles. The van der Waals surface area contributed by atoms with Crippen LogP contribution in [0.3, 0.4) is 0 Å². The molecule has 0 bridgehead atoms. The van der Waals surface area contributed by atoms with Crippen molar-refractivity contribution in [3.8, 4) is 17.1 Å². The second kappa shape index (κ2) is 8.53. The maximum Gasteiger partial charge on any atom is 0.295 e. The molecule has 31 heavy (non-hydrogen) atoms. The summed E-state index contributed by atoms with van der Waals surface area (Å²) < 4.78 is 1.68. The lowest BCUT2D eigenvalue weighted by Gasteiger charge is -2.10. The number of hydrogen-bond donors (Lipinski definition) is 1. The van der Waals surface area contributed by atoms with Crippen molar-refractivity contribution in [2.45, 2.75) is 20.8 Å². The van der Waals surface area contributed by atoms with Gasteiger partial charge in [-0.1, -0.05) is 59.1 Å². The molecule has 1 amide bonds. The average Bonchev–Trinajstić information content (AvgIpc) is 3.17. The Kier molecular flexibility index (Phi) is 5.81. The lowest BCUT2D eigenvalue weighted by Crippen LogP contribution is -2.15. The first-order valence-electron chi connectivity index (χ1n) is 9.70. The number of rotatable bonds is 4. The van der Waals surface area contributed by atoms with Gasteiger partial charge in [0, 0.05) is 21.3 Å². The van der Waals surface area contributed by atoms with Crippen molar-refractivity contribution in [1.82, 2.24) is 14.8 Å². The van der Waals surface area contributed by atoms with E-state index in [1.165, 1.54) is 0 Å². The molecule has 0 unspecified atom stereocenters. The Bertz CT molecular complexity index is 1300. The molecule has 0 saturated heterocycles. The van der Waals surface area contributed by atoms with Crippen LogP contribution in [0, 0.1) is 20.8 Å². The van der Waals surface area contributed by atoms with Crippen LogP contribution in [-0.4, -0.2) is 20.7 Å². The van der Waals surface area contributed by atoms with Crippen LogP contribution >= 0.6 is 23.2 Å². The van der Waals surface area contributed by atoms with E-state index in [1.807, 2.05) is 45.0 Å². The van der Waals surface area contributed by atoms with Gasteiger partial charge in [0.1, 0.15) is 0 Å². The molecule has 0 aliphatic heterocycles. The van der Waals surface area contributed by atoms with Crippen molar-refractivity contribution >= 4 is 34.8 Å². The van der Waals surface area contributed by atoms with E-state index in [0.29, 0.717) is 21.6 Å². The molecule has 0 radical (unpaired) electrons. The van der Waals surface area contributed by atoms with E-state index in [0.717, 1.165) is 27.9 Å². The number of aryl methyl sites for hydroxylation is 2. The third kappa shape index (κ3) is 4.33. The molecular weight excluding hydrogens is 431 g/mol. The van der Waals surface area contributed by atoms with Crippen LogP contribution in [0.4, 0.5) is 5.69 Å². The summed E-state index contributed by atoms with van der Waals surface area (Å²) in [6.45, 7) is 5.88. The molecule has 0 saturated carbocycles. The summed E-state index contributed by atoms with van der Waals surface area (Å²) in [5.74, 6) is 0.161. The summed E-state index contributed by atoms with van der Waals surface area (Å²) in [4.78, 5) is 17.6. The standard InChI is InChI=1S/C24H20Cl2N4O/c1-14-10-11-21(15(2)12-14)30-23(17-6-4-7-18(25)13-17)28-22(29-30)24(31)27-20-9-5-8-19(26)16(20)3/h4-13H,1-3H3,(H,27,31). The molecule has 7 heteroatoms. The first kappa shape index (κ1) is 21.1. The number of amides is 1. The van der Waals surface area contributed by atoms with Crippen molar-refractivity contribution in [3.05, 3.63) is 93.2 Å². The van der Waals surface area contributed by atoms with Gasteiger partial charge < -0.3 is 5.32 Å². The monoisotopic (exact) mass is 450 g/mol. The normalized spacial score (nSPS) is 10.9. The molecule has 4 rings (SSSR count). The Labute approximate surface area is 190 Å². The predicted molar refractivity (Wildman–Crippen MR) is 125 cm³/mol. The van der Waals surface area contributed by atoms with Crippen molar-refractivity contribution in [2.75, 3.05) is 5.32 Å². The number of halogens is 2. The summed E-state index contributed by atoms with van der Waals surface area (Å²) in [6.07, 6.45) is 0. The number of aromatic nitrogens is 3. The molecule has 3 aromatic carbocycles. The van der Waals surface area contributed by atoms with Gasteiger partial charge in [-0.3, -0.25) is 4.79 Å². The van der Waals surface area contributed by atoms with Gasteiger partial charge in [0.25, 0.3) is 5.91 Å². The van der Waals surface area contributed by atoms with Crippen molar-refractivity contribution in [2.24, 2.45) is 0 Å². The van der Waals surface area contributed by atoms with Crippen LogP contribution < -0.4 is 5.32 Å². The van der Waals surface area contributed by atoms with E-state index in [1.54, 1.807) is 35.0 Å². The highest BCUT2D eigenvalue weighted by atomic mass is 35.5. The number of carbonyl (C=O) groups excluding carboxylic acids is 1. The van der Waals surface area contributed by atoms with E-state index < -0.39 is 5.91 Å². The third-order valence-corrected chi connectivity index (χ3v) is 5.63. The molecule has 1 N–H and O–H groups in total. The second-order valence-electron chi connectivity index (χ2n) is 7.34. The van der Waals surface area contributed by atoms with Gasteiger partial charge in [-0.25, -0.2) is 9.67 Å². The summed E-state index contributed by atoms with van der Waals surface area (Å²) in [5, 5.41) is 8.55. The maximum absolute atomic E-state index is 13.0. The molecule has 156 valence electrons. The number of carbonyl (C=O) groups is 1. The molecule has 5 nitrogen and oxygen atoms in total. The zero-order valence-corrected chi connectivity index (χ0v) is 18.8. The Morgan fingerprint density at radius 1 is 0.968 bits per heavy atom. The minimum Gasteiger partial charge on any atom is -0.319 e. The van der Waals surface area contributed by atoms with Gasteiger partial charge in [-0.15, -0.1) is 5.10 Å². The first-order chi connectivity index (χ1) is 14.8. The van der Waals surface area contributed by atoms with Gasteiger partial charge >= 0.3 is 0 Å². The average molecular weight is 451 g/mol. The molecule has 0 aliphatic carbocycles. The SMILES string of the molecule is Cc1ccc(-n2nc(C(=O)Nc3cccc(Cl)c3C)nc2-c2cccc(Cl)c2)c(C)c1. The molecule has 1 heterocycles. The summed E-state index contributed by atoms with van der Waals surface area (Å²) in [6, 6.07) is 18.7. The van der Waals surface area contributed by atoms with Crippen LogP contribution in [0.5, 0.6) is 0 Å². The summed E-state index contributed by atoms with van der Waals surface area (Å²) in [7, 11) is 0. The summed E-state index contributed by atoms with van der Waals surface area (Å²) in [5.41, 5.74) is 5.15. The van der Waals surface area contributed by atoms with Crippen molar-refractivity contribution in [3.63, 3.8) is 0 Å². The fraction of sp³-hybridized carbons (Fsp3) is 0.125. The highest BCUT2D eigenvalue weighted by molar-refractivity contribution is 6.32. The molecule has 0 spiro atoms. The fourth-order valence-electron chi connectivity index (χ4n) is 3.35. The van der Waals surface area contributed by atoms with Crippen LogP contribution in [0.25, 0.3) is 17.1 Å². The Hall–Kier alpha value is -3.15. The first-order valence-corrected chi connectivity index (χ1v) is 10.5. The zero-order valence-electron chi connectivity index (χ0n) is 17.3. The largest absolute Gasteiger partial charge is 0.319 e. The van der Waals surface area contributed by atoms with E-state index in [4.69, 9.17) is 23.2 Å². The minimum absolute atomic E-state index is 0.0503. The fourth-order valence-corrected chi connectivity index (χ4v) is 3.72. The highest BCUT2D eigenvalue weighted by Crippen LogP contribution is 2.27. The molecule has 4 aromatic rings. The van der Waals surface area contributed by atoms with Gasteiger partial charge in [0.15, 0.2) is 5.82 Å². The number of nitrogens with zero attached hydrogens (tertiary/aromatic N) is 3. The van der Waals surface area contributed by atoms with Crippen LogP contribution in [-0.2, 0) is 0 Å². The molecule has 0 aliphatic rings. The lowest BCUT2D eigenvalue weighted by molar-refractivity contribution is 0.101. The smallest absolute Gasteiger partial charge is 0.295 e. The highest BCUT2D eigenvalue weighted by Gasteiger charge is 2.20. The topological polar surface area (TPSA) is 59.8 Å². The minimum atomic E-state index is -0.419. The molecule has 0 fully saturated rings. The Morgan fingerprint density at radius 3 is 2.48 bits per heavy atom. The van der Waals surface area contributed by atoms with Gasteiger partial charge in [0.05, 0.1) is 5.69 Å². The number of hydrogen-bond acceptors (Lipinski definition) is 3. The quantitative estimate of drug-likeness (QED) is 0.390.